The van der Waals surface area contributed by atoms with Crippen molar-refractivity contribution in [3.63, 3.8) is 0 Å². The molecular weight excluding hydrogens is 266 g/mol. The van der Waals surface area contributed by atoms with Gasteiger partial charge in [0.15, 0.2) is 11.5 Å². The van der Waals surface area contributed by atoms with E-state index in [9.17, 15) is 4.79 Å². The zero-order valence-electron chi connectivity index (χ0n) is 11.8. The normalized spacial score (nSPS) is 14.8. The fourth-order valence-corrected chi connectivity index (χ4v) is 2.40. The average molecular weight is 281 g/mol. The van der Waals surface area contributed by atoms with Gasteiger partial charge in [0.05, 0.1) is 14.2 Å². The zero-order valence-corrected chi connectivity index (χ0v) is 11.8. The van der Waals surface area contributed by atoms with Crippen molar-refractivity contribution in [3.8, 4) is 11.5 Å². The molecule has 3 rings (SSSR count). The molecule has 0 aromatic heterocycles. The number of hydrogen-bond donors (Lipinski definition) is 1. The van der Waals surface area contributed by atoms with E-state index in [0.717, 1.165) is 16.8 Å². The Hall–Kier alpha value is -2.75. The Morgan fingerprint density at radius 3 is 2.38 bits per heavy atom. The molecule has 1 aliphatic heterocycles. The Morgan fingerprint density at radius 1 is 0.952 bits per heavy atom. The van der Waals surface area contributed by atoms with Crippen LogP contribution in [-0.4, -0.2) is 20.1 Å². The molecule has 0 fully saturated rings. The number of benzene rings is 2. The van der Waals surface area contributed by atoms with Gasteiger partial charge < -0.3 is 14.8 Å². The standard InChI is InChI=1S/C17H15NO3/c1-20-15-8-7-11(10-16(15)21-2)9-14-12-5-3-4-6-13(12)17(19)18-14/h3-10H,1-2H3,(H,18,19)/b14-9-. The molecule has 1 heterocycles. The van der Waals surface area contributed by atoms with E-state index in [1.165, 1.54) is 0 Å². The molecule has 0 unspecified atom stereocenters. The van der Waals surface area contributed by atoms with Crippen LogP contribution in [0.4, 0.5) is 0 Å². The monoisotopic (exact) mass is 281 g/mol. The SMILES string of the molecule is COc1ccc(/C=C2\NC(=O)c3ccccc32)cc1OC. The molecule has 0 aliphatic carbocycles. The Kier molecular flexibility index (Phi) is 3.36. The van der Waals surface area contributed by atoms with Crippen LogP contribution < -0.4 is 14.8 Å². The minimum absolute atomic E-state index is 0.0719. The maximum atomic E-state index is 11.9. The second kappa shape index (κ2) is 5.32. The van der Waals surface area contributed by atoms with E-state index < -0.39 is 0 Å². The van der Waals surface area contributed by atoms with Gasteiger partial charge in [-0.05, 0) is 29.8 Å². The van der Waals surface area contributed by atoms with Gasteiger partial charge in [-0.1, -0.05) is 24.3 Å². The van der Waals surface area contributed by atoms with Gasteiger partial charge in [0.1, 0.15) is 0 Å². The summed E-state index contributed by atoms with van der Waals surface area (Å²) in [5, 5.41) is 2.88. The molecule has 1 N–H and O–H groups in total. The fraction of sp³-hybridized carbons (Fsp3) is 0.118. The molecule has 4 nitrogen and oxygen atoms in total. The summed E-state index contributed by atoms with van der Waals surface area (Å²) < 4.78 is 10.5. The molecule has 0 bridgehead atoms. The molecule has 0 spiro atoms. The zero-order chi connectivity index (χ0) is 14.8. The lowest BCUT2D eigenvalue weighted by Crippen LogP contribution is -2.11. The Morgan fingerprint density at radius 2 is 1.67 bits per heavy atom. The highest BCUT2D eigenvalue weighted by molar-refractivity contribution is 6.11. The summed E-state index contributed by atoms with van der Waals surface area (Å²) in [5.74, 6) is 1.26. The quantitative estimate of drug-likeness (QED) is 0.941. The molecule has 1 amide bonds. The molecule has 0 saturated carbocycles. The van der Waals surface area contributed by atoms with E-state index in [1.54, 1.807) is 14.2 Å². The van der Waals surface area contributed by atoms with Crippen LogP contribution in [0.2, 0.25) is 0 Å². The third kappa shape index (κ3) is 2.36. The summed E-state index contributed by atoms with van der Waals surface area (Å²) in [6.07, 6.45) is 1.92. The molecule has 4 heteroatoms. The van der Waals surface area contributed by atoms with Crippen molar-refractivity contribution >= 4 is 17.7 Å². The van der Waals surface area contributed by atoms with Gasteiger partial charge in [-0.15, -0.1) is 0 Å². The molecular formula is C17H15NO3. The van der Waals surface area contributed by atoms with E-state index in [0.29, 0.717) is 17.1 Å². The first-order valence-corrected chi connectivity index (χ1v) is 6.57. The number of methoxy groups -OCH3 is 2. The van der Waals surface area contributed by atoms with Crippen LogP contribution >= 0.6 is 0 Å². The molecule has 0 saturated heterocycles. The summed E-state index contributed by atoms with van der Waals surface area (Å²) in [6.45, 7) is 0. The first-order chi connectivity index (χ1) is 10.2. The van der Waals surface area contributed by atoms with Gasteiger partial charge in [-0.25, -0.2) is 0 Å². The predicted molar refractivity (Wildman–Crippen MR) is 81.3 cm³/mol. The predicted octanol–water partition coefficient (Wildman–Crippen LogP) is 2.95. The number of carbonyl (C=O) groups excluding carboxylic acids is 1. The van der Waals surface area contributed by atoms with Crippen molar-refractivity contribution in [2.45, 2.75) is 0 Å². The summed E-state index contributed by atoms with van der Waals surface area (Å²) in [5.41, 5.74) is 3.34. The molecule has 2 aromatic carbocycles. The van der Waals surface area contributed by atoms with Crippen molar-refractivity contribution < 1.29 is 14.3 Å². The van der Waals surface area contributed by atoms with Gasteiger partial charge in [0.2, 0.25) is 0 Å². The van der Waals surface area contributed by atoms with E-state index in [-0.39, 0.29) is 5.91 Å². The van der Waals surface area contributed by atoms with Gasteiger partial charge >= 0.3 is 0 Å². The molecule has 2 aromatic rings. The summed E-state index contributed by atoms with van der Waals surface area (Å²) >= 11 is 0. The Bertz CT molecular complexity index is 735. The van der Waals surface area contributed by atoms with Crippen molar-refractivity contribution in [2.24, 2.45) is 0 Å². The van der Waals surface area contributed by atoms with E-state index >= 15 is 0 Å². The Balaban J connectivity index is 2.02. The molecule has 106 valence electrons. The number of fused-ring (bicyclic) bond motifs is 1. The van der Waals surface area contributed by atoms with Gasteiger partial charge in [0.25, 0.3) is 5.91 Å². The minimum atomic E-state index is -0.0719. The number of carbonyl (C=O) groups is 1. The highest BCUT2D eigenvalue weighted by atomic mass is 16.5. The van der Waals surface area contributed by atoms with Crippen LogP contribution in [0.25, 0.3) is 11.8 Å². The smallest absolute Gasteiger partial charge is 0.256 e. The molecule has 0 radical (unpaired) electrons. The highest BCUT2D eigenvalue weighted by Crippen LogP contribution is 2.30. The Labute approximate surface area is 123 Å². The van der Waals surface area contributed by atoms with Crippen molar-refractivity contribution in [3.05, 3.63) is 59.2 Å². The number of hydrogen-bond acceptors (Lipinski definition) is 3. The summed E-state index contributed by atoms with van der Waals surface area (Å²) in [6, 6.07) is 13.2. The van der Waals surface area contributed by atoms with E-state index in [2.05, 4.69) is 5.32 Å². The van der Waals surface area contributed by atoms with Crippen LogP contribution in [-0.2, 0) is 0 Å². The van der Waals surface area contributed by atoms with Gasteiger partial charge in [-0.2, -0.15) is 0 Å². The lowest BCUT2D eigenvalue weighted by atomic mass is 10.1. The molecule has 1 aliphatic rings. The minimum Gasteiger partial charge on any atom is -0.493 e. The highest BCUT2D eigenvalue weighted by Gasteiger charge is 2.22. The molecule has 21 heavy (non-hydrogen) atoms. The van der Waals surface area contributed by atoms with Crippen molar-refractivity contribution in [1.82, 2.24) is 5.32 Å². The largest absolute Gasteiger partial charge is 0.493 e. The second-order valence-electron chi connectivity index (χ2n) is 4.67. The lowest BCUT2D eigenvalue weighted by Gasteiger charge is -2.08. The molecule has 0 atom stereocenters. The van der Waals surface area contributed by atoms with Crippen molar-refractivity contribution in [2.75, 3.05) is 14.2 Å². The van der Waals surface area contributed by atoms with Crippen LogP contribution in [0.3, 0.4) is 0 Å². The topological polar surface area (TPSA) is 47.6 Å². The fourth-order valence-electron chi connectivity index (χ4n) is 2.40. The van der Waals surface area contributed by atoms with Crippen LogP contribution in [0.5, 0.6) is 11.5 Å². The van der Waals surface area contributed by atoms with Crippen LogP contribution in [0.1, 0.15) is 21.5 Å². The van der Waals surface area contributed by atoms with Crippen molar-refractivity contribution in [1.29, 1.82) is 0 Å². The third-order valence-corrected chi connectivity index (χ3v) is 3.43. The third-order valence-electron chi connectivity index (χ3n) is 3.43. The van der Waals surface area contributed by atoms with E-state index in [4.69, 9.17) is 9.47 Å². The average Bonchev–Trinajstić information content (AvgIpc) is 2.84. The maximum absolute atomic E-state index is 11.9. The van der Waals surface area contributed by atoms with Gasteiger partial charge in [-0.3, -0.25) is 4.79 Å². The van der Waals surface area contributed by atoms with Gasteiger partial charge in [0, 0.05) is 16.8 Å². The summed E-state index contributed by atoms with van der Waals surface area (Å²) in [7, 11) is 3.20. The lowest BCUT2D eigenvalue weighted by molar-refractivity contribution is 0.0981. The summed E-state index contributed by atoms with van der Waals surface area (Å²) in [4.78, 5) is 11.9. The maximum Gasteiger partial charge on any atom is 0.256 e. The van der Waals surface area contributed by atoms with E-state index in [1.807, 2.05) is 48.5 Å². The first-order valence-electron chi connectivity index (χ1n) is 6.57. The number of nitrogens with one attached hydrogen (secondary N) is 1. The number of amides is 1. The number of rotatable bonds is 3. The van der Waals surface area contributed by atoms with Crippen LogP contribution in [0.15, 0.2) is 42.5 Å². The second-order valence-corrected chi connectivity index (χ2v) is 4.67. The number of ether oxygens (including phenoxy) is 2. The van der Waals surface area contributed by atoms with Crippen LogP contribution in [0, 0.1) is 0 Å². The first kappa shape index (κ1) is 13.2.